The quantitative estimate of drug-likeness (QED) is 0.418. The Hall–Kier alpha value is -3.13. The van der Waals surface area contributed by atoms with Crippen LogP contribution in [-0.2, 0) is 4.74 Å². The Kier molecular flexibility index (Phi) is 5.98. The molecule has 2 aromatic carbocycles. The maximum atomic E-state index is 14.0. The second-order valence-corrected chi connectivity index (χ2v) is 7.93. The van der Waals surface area contributed by atoms with Crippen LogP contribution in [0.25, 0.3) is 11.1 Å². The Morgan fingerprint density at radius 2 is 1.67 bits per heavy atom. The normalized spacial score (nSPS) is 10.8. The smallest absolute Gasteiger partial charge is 0.341 e. The number of amides is 1. The lowest BCUT2D eigenvalue weighted by atomic mass is 9.97. The van der Waals surface area contributed by atoms with Crippen molar-refractivity contribution in [3.8, 4) is 11.1 Å². The zero-order chi connectivity index (χ0) is 22.2. The van der Waals surface area contributed by atoms with E-state index in [2.05, 4.69) is 5.32 Å². The molecule has 0 fully saturated rings. The molecule has 0 unspecified atom stereocenters. The summed E-state index contributed by atoms with van der Waals surface area (Å²) in [6.45, 7) is 5.67. The van der Waals surface area contributed by atoms with E-state index in [1.165, 1.54) is 7.11 Å². The molecule has 0 aliphatic carbocycles. The molecule has 30 heavy (non-hydrogen) atoms. The number of nitrogens with one attached hydrogen (secondary N) is 1. The average molecular weight is 433 g/mol. The van der Waals surface area contributed by atoms with E-state index < -0.39 is 34.9 Å². The number of hydrogen-bond donors (Lipinski definition) is 1. The lowest BCUT2D eigenvalue weighted by Crippen LogP contribution is -2.16. The summed E-state index contributed by atoms with van der Waals surface area (Å²) in [6.07, 6.45) is 0. The molecule has 0 aliphatic rings. The van der Waals surface area contributed by atoms with E-state index in [0.717, 1.165) is 39.0 Å². The van der Waals surface area contributed by atoms with Crippen LogP contribution in [0.5, 0.6) is 0 Å². The highest BCUT2D eigenvalue weighted by atomic mass is 32.1. The van der Waals surface area contributed by atoms with Gasteiger partial charge in [0.2, 0.25) is 0 Å². The number of anilines is 1. The fourth-order valence-electron chi connectivity index (χ4n) is 3.05. The highest BCUT2D eigenvalue weighted by Gasteiger charge is 2.27. The third-order valence-corrected chi connectivity index (χ3v) is 5.80. The van der Waals surface area contributed by atoms with Crippen LogP contribution >= 0.6 is 11.3 Å². The van der Waals surface area contributed by atoms with Crippen LogP contribution in [0.1, 0.15) is 36.7 Å². The van der Waals surface area contributed by atoms with Crippen molar-refractivity contribution < 1.29 is 27.5 Å². The monoisotopic (exact) mass is 433 g/mol. The van der Waals surface area contributed by atoms with Gasteiger partial charge in [0.1, 0.15) is 10.6 Å². The molecule has 0 bridgehead atoms. The summed E-state index contributed by atoms with van der Waals surface area (Å²) < 4.78 is 45.6. The molecular weight excluding hydrogens is 415 g/mol. The first-order valence-electron chi connectivity index (χ1n) is 8.89. The standard InChI is InChI=1S/C22H18F3NO3S/c1-10-5-6-13(9-11(10)2)16-12(3)30-21(17(16)22(28)29-4)26-20(27)14-7-8-15(23)19(25)18(14)24/h5-9H,1-4H3,(H,26,27). The molecule has 8 heteroatoms. The van der Waals surface area contributed by atoms with Crippen LogP contribution in [-0.4, -0.2) is 19.0 Å². The number of benzene rings is 2. The summed E-state index contributed by atoms with van der Waals surface area (Å²) in [7, 11) is 1.21. The minimum absolute atomic E-state index is 0.111. The predicted octanol–water partition coefficient (Wildman–Crippen LogP) is 5.80. The molecule has 0 saturated carbocycles. The zero-order valence-corrected chi connectivity index (χ0v) is 17.5. The maximum Gasteiger partial charge on any atom is 0.341 e. The SMILES string of the molecule is COC(=O)c1c(NC(=O)c2ccc(F)c(F)c2F)sc(C)c1-c1ccc(C)c(C)c1. The minimum atomic E-state index is -1.74. The second kappa shape index (κ2) is 8.31. The molecule has 0 radical (unpaired) electrons. The summed E-state index contributed by atoms with van der Waals surface area (Å²) in [4.78, 5) is 25.8. The molecule has 156 valence electrons. The van der Waals surface area contributed by atoms with Crippen molar-refractivity contribution in [2.24, 2.45) is 0 Å². The van der Waals surface area contributed by atoms with Crippen LogP contribution in [0.15, 0.2) is 30.3 Å². The van der Waals surface area contributed by atoms with E-state index in [4.69, 9.17) is 4.74 Å². The molecule has 3 rings (SSSR count). The molecule has 4 nitrogen and oxygen atoms in total. The number of esters is 1. The summed E-state index contributed by atoms with van der Waals surface area (Å²) >= 11 is 1.10. The van der Waals surface area contributed by atoms with Crippen molar-refractivity contribution >= 4 is 28.2 Å². The fourth-order valence-corrected chi connectivity index (χ4v) is 4.11. The number of thiophene rings is 1. The van der Waals surface area contributed by atoms with Gasteiger partial charge in [0.25, 0.3) is 5.91 Å². The summed E-state index contributed by atoms with van der Waals surface area (Å²) in [5, 5.41) is 2.56. The second-order valence-electron chi connectivity index (χ2n) is 6.71. The maximum absolute atomic E-state index is 14.0. The van der Waals surface area contributed by atoms with Gasteiger partial charge in [-0.1, -0.05) is 18.2 Å². The third-order valence-electron chi connectivity index (χ3n) is 4.78. The highest BCUT2D eigenvalue weighted by Crippen LogP contribution is 2.41. The van der Waals surface area contributed by atoms with Gasteiger partial charge in [-0.05, 0) is 49.6 Å². The van der Waals surface area contributed by atoms with Gasteiger partial charge in [0.15, 0.2) is 17.5 Å². The van der Waals surface area contributed by atoms with Gasteiger partial charge in [-0.3, -0.25) is 4.79 Å². The van der Waals surface area contributed by atoms with Gasteiger partial charge in [-0.2, -0.15) is 0 Å². The Labute approximate surface area is 175 Å². The first-order chi connectivity index (χ1) is 14.1. The van der Waals surface area contributed by atoms with Crippen molar-refractivity contribution in [2.45, 2.75) is 20.8 Å². The summed E-state index contributed by atoms with van der Waals surface area (Å²) in [5.41, 5.74) is 2.86. The van der Waals surface area contributed by atoms with Gasteiger partial charge in [0, 0.05) is 10.4 Å². The lowest BCUT2D eigenvalue weighted by molar-refractivity contribution is 0.0603. The molecule has 0 saturated heterocycles. The van der Waals surface area contributed by atoms with Gasteiger partial charge < -0.3 is 10.1 Å². The molecule has 1 amide bonds. The topological polar surface area (TPSA) is 55.4 Å². The van der Waals surface area contributed by atoms with E-state index >= 15 is 0 Å². The van der Waals surface area contributed by atoms with Crippen molar-refractivity contribution in [1.29, 1.82) is 0 Å². The Morgan fingerprint density at radius 3 is 2.30 bits per heavy atom. The van der Waals surface area contributed by atoms with Gasteiger partial charge >= 0.3 is 5.97 Å². The van der Waals surface area contributed by atoms with Crippen molar-refractivity contribution in [2.75, 3.05) is 12.4 Å². The van der Waals surface area contributed by atoms with Gasteiger partial charge in [0.05, 0.1) is 12.7 Å². The van der Waals surface area contributed by atoms with Crippen molar-refractivity contribution in [3.63, 3.8) is 0 Å². The summed E-state index contributed by atoms with van der Waals surface area (Å²) in [5.74, 6) is -6.44. The molecular formula is C22H18F3NO3S. The Morgan fingerprint density at radius 1 is 0.967 bits per heavy atom. The van der Waals surface area contributed by atoms with E-state index in [1.54, 1.807) is 6.92 Å². The molecule has 1 aromatic heterocycles. The van der Waals surface area contributed by atoms with Crippen molar-refractivity contribution in [1.82, 2.24) is 0 Å². The average Bonchev–Trinajstić information content (AvgIpc) is 3.03. The Balaban J connectivity index is 2.10. The number of methoxy groups -OCH3 is 1. The largest absolute Gasteiger partial charge is 0.465 e. The van der Waals surface area contributed by atoms with E-state index in [9.17, 15) is 22.8 Å². The van der Waals surface area contributed by atoms with Crippen LogP contribution in [0.2, 0.25) is 0 Å². The minimum Gasteiger partial charge on any atom is -0.465 e. The number of ether oxygens (including phenoxy) is 1. The Bertz CT molecular complexity index is 1170. The number of carbonyl (C=O) groups excluding carboxylic acids is 2. The molecule has 3 aromatic rings. The van der Waals surface area contributed by atoms with Gasteiger partial charge in [-0.25, -0.2) is 18.0 Å². The van der Waals surface area contributed by atoms with E-state index in [0.29, 0.717) is 11.6 Å². The highest BCUT2D eigenvalue weighted by molar-refractivity contribution is 7.17. The molecule has 0 atom stereocenters. The third kappa shape index (κ3) is 3.82. The number of carbonyl (C=O) groups is 2. The lowest BCUT2D eigenvalue weighted by Gasteiger charge is -2.10. The molecule has 1 N–H and O–H groups in total. The van der Waals surface area contributed by atoms with E-state index in [1.807, 2.05) is 32.0 Å². The van der Waals surface area contributed by atoms with Gasteiger partial charge in [-0.15, -0.1) is 11.3 Å². The van der Waals surface area contributed by atoms with Crippen LogP contribution in [0, 0.1) is 38.2 Å². The predicted molar refractivity (Wildman–Crippen MR) is 110 cm³/mol. The number of rotatable bonds is 4. The van der Waals surface area contributed by atoms with E-state index in [-0.39, 0.29) is 10.6 Å². The van der Waals surface area contributed by atoms with Crippen molar-refractivity contribution in [3.05, 3.63) is 74.9 Å². The fraction of sp³-hybridized carbons (Fsp3) is 0.182. The van der Waals surface area contributed by atoms with Crippen LogP contribution in [0.4, 0.5) is 18.2 Å². The first kappa shape index (κ1) is 21.6. The molecule has 1 heterocycles. The zero-order valence-electron chi connectivity index (χ0n) is 16.7. The molecule has 0 aliphatic heterocycles. The number of hydrogen-bond acceptors (Lipinski definition) is 4. The summed E-state index contributed by atoms with van der Waals surface area (Å²) in [6, 6.07) is 7.18. The first-order valence-corrected chi connectivity index (χ1v) is 9.71. The number of halogens is 3. The van der Waals surface area contributed by atoms with Crippen LogP contribution in [0.3, 0.4) is 0 Å². The molecule has 0 spiro atoms. The number of aryl methyl sites for hydroxylation is 3. The van der Waals surface area contributed by atoms with Crippen LogP contribution < -0.4 is 5.32 Å².